The summed E-state index contributed by atoms with van der Waals surface area (Å²) in [6.45, 7) is 0. The van der Waals surface area contributed by atoms with Gasteiger partial charge in [0.1, 0.15) is 21.9 Å². The van der Waals surface area contributed by atoms with E-state index in [1.807, 2.05) is 0 Å². The number of esters is 1. The van der Waals surface area contributed by atoms with E-state index in [4.69, 9.17) is 9.47 Å². The summed E-state index contributed by atoms with van der Waals surface area (Å²) in [6, 6.07) is 6.15. The van der Waals surface area contributed by atoms with Crippen LogP contribution in [0.1, 0.15) is 20.0 Å². The molecule has 0 aliphatic rings. The van der Waals surface area contributed by atoms with E-state index in [0.717, 1.165) is 11.3 Å². The average molecular weight is 365 g/mol. The molecule has 0 radical (unpaired) electrons. The van der Waals surface area contributed by atoms with Gasteiger partial charge in [0.15, 0.2) is 0 Å². The van der Waals surface area contributed by atoms with Crippen molar-refractivity contribution in [1.29, 1.82) is 0 Å². The Morgan fingerprint density at radius 3 is 2.20 bits per heavy atom. The van der Waals surface area contributed by atoms with Crippen molar-refractivity contribution in [2.45, 2.75) is 0 Å². The van der Waals surface area contributed by atoms with Crippen molar-refractivity contribution < 1.29 is 33.8 Å². The van der Waals surface area contributed by atoms with Crippen LogP contribution < -0.4 is 19.6 Å². The van der Waals surface area contributed by atoms with Crippen LogP contribution in [0.4, 0.5) is 5.69 Å². The minimum atomic E-state index is -1.86. The highest BCUT2D eigenvalue weighted by atomic mass is 32.1. The Labute approximate surface area is 148 Å². The van der Waals surface area contributed by atoms with Crippen molar-refractivity contribution in [3.8, 4) is 11.5 Å². The maximum atomic E-state index is 12.7. The molecule has 132 valence electrons. The van der Waals surface area contributed by atoms with Crippen LogP contribution in [-0.4, -0.2) is 50.4 Å². The van der Waals surface area contributed by atoms with Gasteiger partial charge in [-0.15, -0.1) is 11.3 Å². The molecular formula is C15H16BNO7S. The fourth-order valence-corrected chi connectivity index (χ4v) is 3.06. The number of thiophene rings is 1. The number of nitrogens with one attached hydrogen (secondary N) is 1. The van der Waals surface area contributed by atoms with Crippen LogP contribution in [0.5, 0.6) is 11.5 Å². The molecule has 8 nitrogen and oxygen atoms in total. The summed E-state index contributed by atoms with van der Waals surface area (Å²) >= 11 is 0.806. The highest BCUT2D eigenvalue weighted by Crippen LogP contribution is 2.29. The van der Waals surface area contributed by atoms with E-state index < -0.39 is 19.0 Å². The third kappa shape index (κ3) is 3.93. The normalized spacial score (nSPS) is 10.1. The van der Waals surface area contributed by atoms with E-state index >= 15 is 0 Å². The lowest BCUT2D eigenvalue weighted by Gasteiger charge is -2.13. The summed E-state index contributed by atoms with van der Waals surface area (Å²) in [5, 5.41) is 21.5. The maximum absolute atomic E-state index is 12.7. The van der Waals surface area contributed by atoms with Crippen LogP contribution in [0.2, 0.25) is 0 Å². The lowest BCUT2D eigenvalue weighted by Crippen LogP contribution is -2.30. The van der Waals surface area contributed by atoms with Gasteiger partial charge in [-0.2, -0.15) is 0 Å². The molecule has 0 atom stereocenters. The monoisotopic (exact) mass is 365 g/mol. The van der Waals surface area contributed by atoms with Crippen molar-refractivity contribution >= 4 is 40.8 Å². The zero-order valence-electron chi connectivity index (χ0n) is 13.7. The molecule has 0 saturated carbocycles. The Kier molecular flexibility index (Phi) is 6.02. The first-order chi connectivity index (χ1) is 11.9. The molecule has 2 aromatic rings. The molecule has 0 fully saturated rings. The van der Waals surface area contributed by atoms with Crippen molar-refractivity contribution in [2.75, 3.05) is 26.6 Å². The lowest BCUT2D eigenvalue weighted by atomic mass is 9.88. The summed E-state index contributed by atoms with van der Waals surface area (Å²) in [5.41, 5.74) is 0.218. The second-order valence-electron chi connectivity index (χ2n) is 4.75. The second kappa shape index (κ2) is 8.01. The number of carbonyl (C=O) groups excluding carboxylic acids is 2. The molecule has 0 aliphatic carbocycles. The Bertz CT molecular complexity index is 768. The molecule has 0 spiro atoms. The molecule has 3 N–H and O–H groups in total. The number of amides is 1. The molecule has 0 aliphatic heterocycles. The maximum Gasteiger partial charge on any atom is 0.501 e. The summed E-state index contributed by atoms with van der Waals surface area (Å²) in [7, 11) is 2.16. The van der Waals surface area contributed by atoms with E-state index in [0.29, 0.717) is 0 Å². The third-order valence-electron chi connectivity index (χ3n) is 3.28. The van der Waals surface area contributed by atoms with Crippen LogP contribution in [-0.2, 0) is 4.74 Å². The van der Waals surface area contributed by atoms with Gasteiger partial charge in [-0.05, 0) is 18.2 Å². The standard InChI is InChI=1S/C15H16BNO7S/c1-22-9-5-4-6-10(23-2)12(9)14(18)17-8-7-11(15(19)24-3)25-13(8)16(20)21/h4-7,20-21H,1-3H3,(H,17,18). The summed E-state index contributed by atoms with van der Waals surface area (Å²) in [4.78, 5) is 24.4. The van der Waals surface area contributed by atoms with Gasteiger partial charge in [-0.1, -0.05) is 6.07 Å². The molecule has 1 heterocycles. The zero-order valence-corrected chi connectivity index (χ0v) is 14.5. The van der Waals surface area contributed by atoms with Gasteiger partial charge in [0.25, 0.3) is 5.91 Å². The Balaban J connectivity index is 2.41. The minimum Gasteiger partial charge on any atom is -0.496 e. The van der Waals surface area contributed by atoms with Gasteiger partial charge in [-0.25, -0.2) is 4.79 Å². The largest absolute Gasteiger partial charge is 0.501 e. The summed E-state index contributed by atoms with van der Waals surface area (Å²) in [6.07, 6.45) is 0. The zero-order chi connectivity index (χ0) is 18.6. The SMILES string of the molecule is COC(=O)c1cc(NC(=O)c2c(OC)cccc2OC)c(B(O)O)s1. The van der Waals surface area contributed by atoms with E-state index in [1.165, 1.54) is 27.4 Å². The number of hydrogen-bond acceptors (Lipinski definition) is 8. The smallest absolute Gasteiger partial charge is 0.496 e. The highest BCUT2D eigenvalue weighted by Gasteiger charge is 2.26. The van der Waals surface area contributed by atoms with Crippen molar-refractivity contribution in [1.82, 2.24) is 0 Å². The molecule has 2 rings (SSSR count). The van der Waals surface area contributed by atoms with Gasteiger partial charge >= 0.3 is 13.1 Å². The molecule has 1 amide bonds. The van der Waals surface area contributed by atoms with Gasteiger partial charge in [0.05, 0.1) is 31.8 Å². The molecule has 0 unspecified atom stereocenters. The minimum absolute atomic E-state index is 0.00242. The summed E-state index contributed by atoms with van der Waals surface area (Å²) < 4.78 is 15.0. The van der Waals surface area contributed by atoms with Crippen LogP contribution in [0.15, 0.2) is 24.3 Å². The van der Waals surface area contributed by atoms with Crippen LogP contribution >= 0.6 is 11.3 Å². The first-order valence-electron chi connectivity index (χ1n) is 7.03. The van der Waals surface area contributed by atoms with Crippen molar-refractivity contribution in [3.63, 3.8) is 0 Å². The number of benzene rings is 1. The number of rotatable bonds is 6. The molecule has 25 heavy (non-hydrogen) atoms. The highest BCUT2D eigenvalue weighted by molar-refractivity contribution is 7.24. The quantitative estimate of drug-likeness (QED) is 0.504. The first-order valence-corrected chi connectivity index (χ1v) is 7.85. The molecular weight excluding hydrogens is 349 g/mol. The number of anilines is 1. The summed E-state index contributed by atoms with van der Waals surface area (Å²) in [5.74, 6) is -0.676. The molecule has 1 aromatic heterocycles. The predicted molar refractivity (Wildman–Crippen MR) is 93.0 cm³/mol. The number of ether oxygens (including phenoxy) is 3. The average Bonchev–Trinajstić information content (AvgIpc) is 3.04. The van der Waals surface area contributed by atoms with Gasteiger partial charge in [-0.3, -0.25) is 4.79 Å². The van der Waals surface area contributed by atoms with Crippen LogP contribution in [0.3, 0.4) is 0 Å². The lowest BCUT2D eigenvalue weighted by molar-refractivity contribution is 0.0606. The first kappa shape index (κ1) is 18.8. The number of methoxy groups -OCH3 is 3. The Morgan fingerprint density at radius 2 is 1.72 bits per heavy atom. The van der Waals surface area contributed by atoms with Crippen LogP contribution in [0.25, 0.3) is 0 Å². The van der Waals surface area contributed by atoms with Gasteiger partial charge < -0.3 is 29.6 Å². The van der Waals surface area contributed by atoms with E-state index in [9.17, 15) is 19.6 Å². The van der Waals surface area contributed by atoms with Crippen LogP contribution in [0, 0.1) is 0 Å². The fraction of sp³-hybridized carbons (Fsp3) is 0.200. The molecule has 0 saturated heterocycles. The molecule has 1 aromatic carbocycles. The Morgan fingerprint density at radius 1 is 1.12 bits per heavy atom. The fourth-order valence-electron chi connectivity index (χ4n) is 2.16. The molecule has 10 heteroatoms. The van der Waals surface area contributed by atoms with Gasteiger partial charge in [0, 0.05) is 0 Å². The van der Waals surface area contributed by atoms with E-state index in [-0.39, 0.29) is 32.4 Å². The Hall–Kier alpha value is -2.56. The van der Waals surface area contributed by atoms with Gasteiger partial charge in [0.2, 0.25) is 0 Å². The van der Waals surface area contributed by atoms with E-state index in [1.54, 1.807) is 18.2 Å². The van der Waals surface area contributed by atoms with Crippen molar-refractivity contribution in [3.05, 3.63) is 34.7 Å². The number of hydrogen-bond donors (Lipinski definition) is 3. The number of carbonyl (C=O) groups is 2. The topological polar surface area (TPSA) is 114 Å². The van der Waals surface area contributed by atoms with E-state index in [2.05, 4.69) is 10.1 Å². The predicted octanol–water partition coefficient (Wildman–Crippen LogP) is 0.484. The molecule has 0 bridgehead atoms. The third-order valence-corrected chi connectivity index (χ3v) is 4.44. The van der Waals surface area contributed by atoms with Crippen molar-refractivity contribution in [2.24, 2.45) is 0 Å². The second-order valence-corrected chi connectivity index (χ2v) is 5.83.